The third-order valence-electron chi connectivity index (χ3n) is 3.86. The summed E-state index contributed by atoms with van der Waals surface area (Å²) >= 11 is 0. The van der Waals surface area contributed by atoms with Gasteiger partial charge in [0.25, 0.3) is 0 Å². The maximum Gasteiger partial charge on any atom is 0.134 e. The second kappa shape index (κ2) is 3.73. The number of aryl methyl sites for hydroxylation is 1. The number of benzene rings is 1. The minimum atomic E-state index is 0.375. The molecule has 3 nitrogen and oxygen atoms in total. The summed E-state index contributed by atoms with van der Waals surface area (Å²) in [5, 5.41) is 1.23. The third kappa shape index (κ3) is 1.33. The second-order valence-corrected chi connectivity index (χ2v) is 4.89. The Hall–Kier alpha value is -2.03. The molecular weight excluding hydrogens is 224 g/mol. The summed E-state index contributed by atoms with van der Waals surface area (Å²) in [4.78, 5) is 4.28. The summed E-state index contributed by atoms with van der Waals surface area (Å²) in [6.07, 6.45) is 9.34. The van der Waals surface area contributed by atoms with E-state index in [0.717, 1.165) is 18.4 Å². The van der Waals surface area contributed by atoms with Crippen LogP contribution in [0.3, 0.4) is 0 Å². The fraction of sp³-hybridized carbons (Fsp3) is 0.267. The van der Waals surface area contributed by atoms with E-state index in [1.165, 1.54) is 23.1 Å². The van der Waals surface area contributed by atoms with E-state index in [0.29, 0.717) is 6.04 Å². The molecule has 3 heterocycles. The van der Waals surface area contributed by atoms with Gasteiger partial charge >= 0.3 is 0 Å². The van der Waals surface area contributed by atoms with Gasteiger partial charge in [0.05, 0.1) is 18.6 Å². The number of nitrogens with zero attached hydrogens (tertiary/aromatic N) is 2. The highest BCUT2D eigenvalue weighted by Crippen LogP contribution is 2.35. The molecule has 1 aromatic carbocycles. The lowest BCUT2D eigenvalue weighted by molar-refractivity contribution is 0.454. The Morgan fingerprint density at radius 3 is 3.22 bits per heavy atom. The smallest absolute Gasteiger partial charge is 0.134 e. The molecule has 3 aromatic rings. The number of imidazole rings is 1. The molecule has 0 fully saturated rings. The summed E-state index contributed by atoms with van der Waals surface area (Å²) in [5.74, 6) is 0. The molecule has 2 aromatic heterocycles. The van der Waals surface area contributed by atoms with Crippen LogP contribution in [-0.2, 0) is 6.42 Å². The maximum absolute atomic E-state index is 5.66. The molecule has 0 saturated carbocycles. The average Bonchev–Trinajstić information content (AvgIpc) is 3.05. The number of hydrogen-bond donors (Lipinski definition) is 0. The van der Waals surface area contributed by atoms with Gasteiger partial charge in [-0.3, -0.25) is 0 Å². The molecule has 0 aliphatic carbocycles. The molecule has 0 radical (unpaired) electrons. The predicted molar refractivity (Wildman–Crippen MR) is 69.5 cm³/mol. The number of rotatable bonds is 1. The van der Waals surface area contributed by atoms with Gasteiger partial charge in [0.2, 0.25) is 0 Å². The van der Waals surface area contributed by atoms with Crippen molar-refractivity contribution in [2.24, 2.45) is 0 Å². The van der Waals surface area contributed by atoms with Crippen LogP contribution in [0.5, 0.6) is 0 Å². The second-order valence-electron chi connectivity index (χ2n) is 4.89. The first-order valence-corrected chi connectivity index (χ1v) is 6.40. The van der Waals surface area contributed by atoms with Crippen LogP contribution in [0.15, 0.2) is 47.5 Å². The summed E-state index contributed by atoms with van der Waals surface area (Å²) in [6.45, 7) is 0. The van der Waals surface area contributed by atoms with E-state index < -0.39 is 0 Å². The first-order chi connectivity index (χ1) is 8.93. The minimum absolute atomic E-state index is 0.375. The van der Waals surface area contributed by atoms with Crippen LogP contribution < -0.4 is 0 Å². The van der Waals surface area contributed by atoms with Gasteiger partial charge in [-0.05, 0) is 25.3 Å². The van der Waals surface area contributed by atoms with Gasteiger partial charge in [-0.2, -0.15) is 0 Å². The number of aromatic nitrogens is 2. The van der Waals surface area contributed by atoms with E-state index in [9.17, 15) is 0 Å². The summed E-state index contributed by atoms with van der Waals surface area (Å²) in [7, 11) is 0. The largest absolute Gasteiger partial charge is 0.464 e. The zero-order valence-corrected chi connectivity index (χ0v) is 10.0. The molecule has 1 unspecified atom stereocenters. The Morgan fingerprint density at radius 1 is 1.28 bits per heavy atom. The van der Waals surface area contributed by atoms with Crippen molar-refractivity contribution in [2.45, 2.75) is 25.3 Å². The van der Waals surface area contributed by atoms with Gasteiger partial charge in [0.1, 0.15) is 5.58 Å². The van der Waals surface area contributed by atoms with Crippen LogP contribution in [0.1, 0.15) is 30.1 Å². The van der Waals surface area contributed by atoms with E-state index >= 15 is 0 Å². The fourth-order valence-electron chi connectivity index (χ4n) is 2.98. The molecule has 90 valence electrons. The monoisotopic (exact) mass is 238 g/mol. The normalized spacial score (nSPS) is 19.0. The zero-order valence-electron chi connectivity index (χ0n) is 10.0. The molecule has 18 heavy (non-hydrogen) atoms. The third-order valence-corrected chi connectivity index (χ3v) is 3.86. The van der Waals surface area contributed by atoms with E-state index in [2.05, 4.69) is 21.7 Å². The van der Waals surface area contributed by atoms with Crippen LogP contribution >= 0.6 is 0 Å². The number of hydrogen-bond acceptors (Lipinski definition) is 2. The van der Waals surface area contributed by atoms with E-state index in [1.54, 1.807) is 0 Å². The average molecular weight is 238 g/mol. The van der Waals surface area contributed by atoms with Crippen molar-refractivity contribution in [3.8, 4) is 0 Å². The Labute approximate surface area is 105 Å². The first kappa shape index (κ1) is 9.95. The lowest BCUT2D eigenvalue weighted by Gasteiger charge is -2.24. The van der Waals surface area contributed by atoms with Gasteiger partial charge in [0.15, 0.2) is 0 Å². The Bertz CT molecular complexity index is 695. The number of fused-ring (bicyclic) bond motifs is 2. The molecular formula is C15H14N2O. The zero-order chi connectivity index (χ0) is 11.9. The molecule has 0 saturated heterocycles. The van der Waals surface area contributed by atoms with Crippen molar-refractivity contribution in [3.05, 3.63) is 54.3 Å². The molecule has 4 rings (SSSR count). The van der Waals surface area contributed by atoms with Crippen molar-refractivity contribution in [2.75, 3.05) is 0 Å². The van der Waals surface area contributed by atoms with Crippen molar-refractivity contribution in [1.29, 1.82) is 0 Å². The number of furan rings is 1. The van der Waals surface area contributed by atoms with Gasteiger partial charge in [-0.15, -0.1) is 0 Å². The SMILES string of the molecule is c1ccc2c(C3CCCc4cncn43)coc2c1. The van der Waals surface area contributed by atoms with Crippen LogP contribution in [0.4, 0.5) is 0 Å². The maximum atomic E-state index is 5.66. The Balaban J connectivity index is 1.90. The van der Waals surface area contributed by atoms with Crippen molar-refractivity contribution < 1.29 is 4.42 Å². The summed E-state index contributed by atoms with van der Waals surface area (Å²) in [5.41, 5.74) is 3.58. The molecule has 0 amide bonds. The summed E-state index contributed by atoms with van der Waals surface area (Å²) < 4.78 is 7.95. The van der Waals surface area contributed by atoms with Crippen molar-refractivity contribution in [1.82, 2.24) is 9.55 Å². The molecule has 1 atom stereocenters. The van der Waals surface area contributed by atoms with Crippen LogP contribution in [0.2, 0.25) is 0 Å². The lowest BCUT2D eigenvalue weighted by atomic mass is 9.96. The van der Waals surface area contributed by atoms with Crippen LogP contribution in [-0.4, -0.2) is 9.55 Å². The van der Waals surface area contributed by atoms with Gasteiger partial charge in [-0.25, -0.2) is 4.98 Å². The molecule has 1 aliphatic heterocycles. The predicted octanol–water partition coefficient (Wildman–Crippen LogP) is 3.56. The van der Waals surface area contributed by atoms with E-state index in [4.69, 9.17) is 4.42 Å². The van der Waals surface area contributed by atoms with Crippen LogP contribution in [0, 0.1) is 0 Å². The van der Waals surface area contributed by atoms with Gasteiger partial charge in [0, 0.05) is 22.8 Å². The molecule has 0 bridgehead atoms. The number of para-hydroxylation sites is 1. The van der Waals surface area contributed by atoms with Crippen molar-refractivity contribution in [3.63, 3.8) is 0 Å². The standard InChI is InChI=1S/C15H14N2O/c1-2-7-15-12(5-1)13(9-18-15)14-6-3-4-11-8-16-10-17(11)14/h1-2,5,7-10,14H,3-4,6H2. The highest BCUT2D eigenvalue weighted by Gasteiger charge is 2.23. The minimum Gasteiger partial charge on any atom is -0.464 e. The highest BCUT2D eigenvalue weighted by atomic mass is 16.3. The lowest BCUT2D eigenvalue weighted by Crippen LogP contribution is -2.17. The van der Waals surface area contributed by atoms with E-state index in [1.807, 2.05) is 30.9 Å². The molecule has 1 aliphatic rings. The highest BCUT2D eigenvalue weighted by molar-refractivity contribution is 5.81. The van der Waals surface area contributed by atoms with E-state index in [-0.39, 0.29) is 0 Å². The molecule has 3 heteroatoms. The topological polar surface area (TPSA) is 31.0 Å². The fourth-order valence-corrected chi connectivity index (χ4v) is 2.98. The van der Waals surface area contributed by atoms with Crippen molar-refractivity contribution >= 4 is 11.0 Å². The Kier molecular flexibility index (Phi) is 2.06. The van der Waals surface area contributed by atoms with Gasteiger partial charge in [-0.1, -0.05) is 18.2 Å². The van der Waals surface area contributed by atoms with Crippen LogP contribution in [0.25, 0.3) is 11.0 Å². The van der Waals surface area contributed by atoms with Gasteiger partial charge < -0.3 is 8.98 Å². The summed E-state index contributed by atoms with van der Waals surface area (Å²) in [6, 6.07) is 8.62. The first-order valence-electron chi connectivity index (χ1n) is 6.40. The quantitative estimate of drug-likeness (QED) is 0.649. The molecule has 0 N–H and O–H groups in total. The molecule has 0 spiro atoms. The Morgan fingerprint density at radius 2 is 2.22 bits per heavy atom.